The molecule has 2 aromatic heterocycles. The number of aromatic hydroxyl groups is 1. The van der Waals surface area contributed by atoms with Crippen LogP contribution in [0.3, 0.4) is 0 Å². The number of benzene rings is 1. The first kappa shape index (κ1) is 12.8. The molecule has 0 radical (unpaired) electrons. The molecule has 0 unspecified atom stereocenters. The molecule has 108 valence electrons. The average molecular weight is 300 g/mol. The maximum absolute atomic E-state index is 10.2. The summed E-state index contributed by atoms with van der Waals surface area (Å²) < 4.78 is 1.86. The van der Waals surface area contributed by atoms with E-state index in [-0.39, 0.29) is 0 Å². The molecule has 6 heteroatoms. The normalized spacial score (nSPS) is 16.0. The van der Waals surface area contributed by atoms with Gasteiger partial charge < -0.3 is 5.11 Å². The van der Waals surface area contributed by atoms with E-state index in [2.05, 4.69) is 15.3 Å². The van der Waals surface area contributed by atoms with Gasteiger partial charge in [-0.05, 0) is 31.4 Å². The standard InChI is InChI=1S/C15H16N4OS/c1-9-5-4-8-11(12(9)20)14-18-19-13(10-6-2-3-7-10)16-17-15(19)21-14/h4-5,8,10,20H,2-3,6-7H2,1H3. The number of para-hydroxylation sites is 1. The van der Waals surface area contributed by atoms with Gasteiger partial charge in [-0.1, -0.05) is 36.3 Å². The van der Waals surface area contributed by atoms with Crippen LogP contribution in [0.2, 0.25) is 0 Å². The Labute approximate surface area is 126 Å². The second-order valence-electron chi connectivity index (χ2n) is 5.61. The predicted molar refractivity (Wildman–Crippen MR) is 81.7 cm³/mol. The van der Waals surface area contributed by atoms with Crippen molar-refractivity contribution in [1.29, 1.82) is 0 Å². The maximum Gasteiger partial charge on any atom is 0.234 e. The molecule has 0 aliphatic heterocycles. The van der Waals surface area contributed by atoms with E-state index in [0.717, 1.165) is 26.9 Å². The van der Waals surface area contributed by atoms with Gasteiger partial charge in [-0.3, -0.25) is 0 Å². The lowest BCUT2D eigenvalue weighted by molar-refractivity contribution is 0.473. The Hall–Kier alpha value is -1.95. The Morgan fingerprint density at radius 3 is 2.86 bits per heavy atom. The minimum Gasteiger partial charge on any atom is -0.507 e. The van der Waals surface area contributed by atoms with Gasteiger partial charge in [-0.25, -0.2) is 0 Å². The maximum atomic E-state index is 10.2. The zero-order valence-electron chi connectivity index (χ0n) is 11.8. The van der Waals surface area contributed by atoms with E-state index in [1.807, 2.05) is 29.6 Å². The third kappa shape index (κ3) is 2.01. The third-order valence-corrected chi connectivity index (χ3v) is 5.14. The molecule has 0 atom stereocenters. The highest BCUT2D eigenvalue weighted by Crippen LogP contribution is 2.37. The topological polar surface area (TPSA) is 63.3 Å². The summed E-state index contributed by atoms with van der Waals surface area (Å²) in [7, 11) is 0. The van der Waals surface area contributed by atoms with Crippen LogP contribution in [0.4, 0.5) is 0 Å². The molecule has 0 amide bonds. The predicted octanol–water partition coefficient (Wildman–Crippen LogP) is 3.52. The molecule has 1 saturated carbocycles. The Balaban J connectivity index is 1.82. The second kappa shape index (κ2) is 4.80. The fourth-order valence-corrected chi connectivity index (χ4v) is 3.88. The van der Waals surface area contributed by atoms with Gasteiger partial charge in [-0.2, -0.15) is 9.61 Å². The zero-order valence-corrected chi connectivity index (χ0v) is 12.6. The number of hydrogen-bond donors (Lipinski definition) is 1. The summed E-state index contributed by atoms with van der Waals surface area (Å²) in [6, 6.07) is 5.72. The number of rotatable bonds is 2. The van der Waals surface area contributed by atoms with Gasteiger partial charge in [0.25, 0.3) is 0 Å². The van der Waals surface area contributed by atoms with Crippen LogP contribution in [-0.4, -0.2) is 24.9 Å². The van der Waals surface area contributed by atoms with Crippen LogP contribution < -0.4 is 0 Å². The Kier molecular flexibility index (Phi) is 2.92. The monoisotopic (exact) mass is 300 g/mol. The van der Waals surface area contributed by atoms with Crippen LogP contribution in [0, 0.1) is 6.92 Å². The van der Waals surface area contributed by atoms with Crippen molar-refractivity contribution >= 4 is 16.3 Å². The quantitative estimate of drug-likeness (QED) is 0.786. The minimum atomic E-state index is 0.296. The fraction of sp³-hybridized carbons (Fsp3) is 0.400. The largest absolute Gasteiger partial charge is 0.507 e. The second-order valence-corrected chi connectivity index (χ2v) is 6.57. The van der Waals surface area contributed by atoms with Crippen molar-refractivity contribution in [3.63, 3.8) is 0 Å². The lowest BCUT2D eigenvalue weighted by Crippen LogP contribution is -2.01. The Morgan fingerprint density at radius 2 is 2.05 bits per heavy atom. The first-order valence-corrected chi connectivity index (χ1v) is 8.07. The van der Waals surface area contributed by atoms with Gasteiger partial charge in [0.15, 0.2) is 10.8 Å². The number of aryl methyl sites for hydroxylation is 1. The molecule has 3 aromatic rings. The SMILES string of the molecule is Cc1cccc(-c2nn3c(C4CCCC4)nnc3s2)c1O. The highest BCUT2D eigenvalue weighted by atomic mass is 32.1. The highest BCUT2D eigenvalue weighted by Gasteiger charge is 2.24. The van der Waals surface area contributed by atoms with Gasteiger partial charge in [0, 0.05) is 5.92 Å². The van der Waals surface area contributed by atoms with Crippen molar-refractivity contribution in [2.45, 2.75) is 38.5 Å². The van der Waals surface area contributed by atoms with Gasteiger partial charge >= 0.3 is 0 Å². The third-order valence-electron chi connectivity index (χ3n) is 4.20. The first-order valence-electron chi connectivity index (χ1n) is 7.25. The van der Waals surface area contributed by atoms with Crippen molar-refractivity contribution < 1.29 is 5.11 Å². The smallest absolute Gasteiger partial charge is 0.234 e. The molecule has 1 aliphatic carbocycles. The van der Waals surface area contributed by atoms with Crippen molar-refractivity contribution in [2.24, 2.45) is 0 Å². The molecular formula is C15H16N4OS. The average Bonchev–Trinajstić information content (AvgIpc) is 3.16. The Morgan fingerprint density at radius 1 is 1.24 bits per heavy atom. The van der Waals surface area contributed by atoms with E-state index in [1.54, 1.807) is 0 Å². The number of aromatic nitrogens is 4. The molecule has 1 fully saturated rings. The summed E-state index contributed by atoms with van der Waals surface area (Å²) >= 11 is 1.47. The molecule has 2 heterocycles. The molecule has 0 spiro atoms. The molecule has 5 nitrogen and oxygen atoms in total. The highest BCUT2D eigenvalue weighted by molar-refractivity contribution is 7.19. The van der Waals surface area contributed by atoms with E-state index in [1.165, 1.54) is 37.0 Å². The molecule has 21 heavy (non-hydrogen) atoms. The summed E-state index contributed by atoms with van der Waals surface area (Å²) in [6.07, 6.45) is 4.86. The van der Waals surface area contributed by atoms with Crippen molar-refractivity contribution in [1.82, 2.24) is 19.8 Å². The number of phenols is 1. The minimum absolute atomic E-state index is 0.296. The first-order chi connectivity index (χ1) is 10.2. The molecular weight excluding hydrogens is 284 g/mol. The van der Waals surface area contributed by atoms with Crippen molar-refractivity contribution in [3.05, 3.63) is 29.6 Å². The molecule has 4 rings (SSSR count). The lowest BCUT2D eigenvalue weighted by atomic mass is 10.1. The zero-order chi connectivity index (χ0) is 14.4. The molecule has 1 aromatic carbocycles. The van der Waals surface area contributed by atoms with Gasteiger partial charge in [0.1, 0.15) is 5.75 Å². The van der Waals surface area contributed by atoms with Crippen LogP contribution >= 0.6 is 11.3 Å². The van der Waals surface area contributed by atoms with E-state index >= 15 is 0 Å². The summed E-state index contributed by atoms with van der Waals surface area (Å²) in [6.45, 7) is 1.89. The molecule has 0 saturated heterocycles. The van der Waals surface area contributed by atoms with Crippen LogP contribution in [0.15, 0.2) is 18.2 Å². The van der Waals surface area contributed by atoms with Gasteiger partial charge in [0.2, 0.25) is 4.96 Å². The van der Waals surface area contributed by atoms with Crippen molar-refractivity contribution in [3.8, 4) is 16.3 Å². The van der Waals surface area contributed by atoms with E-state index in [9.17, 15) is 5.11 Å². The van der Waals surface area contributed by atoms with Crippen LogP contribution in [0.25, 0.3) is 15.5 Å². The lowest BCUT2D eigenvalue weighted by Gasteiger charge is -2.04. The van der Waals surface area contributed by atoms with E-state index < -0.39 is 0 Å². The molecule has 1 N–H and O–H groups in total. The number of nitrogens with zero attached hydrogens (tertiary/aromatic N) is 4. The van der Waals surface area contributed by atoms with Crippen LogP contribution in [0.1, 0.15) is 43.0 Å². The summed E-state index contributed by atoms with van der Waals surface area (Å²) in [5.74, 6) is 1.74. The number of hydrogen-bond acceptors (Lipinski definition) is 5. The molecule has 1 aliphatic rings. The number of fused-ring (bicyclic) bond motifs is 1. The summed E-state index contributed by atoms with van der Waals surface area (Å²) in [4.78, 5) is 0.799. The van der Waals surface area contributed by atoms with E-state index in [4.69, 9.17) is 0 Å². The fourth-order valence-electron chi connectivity index (χ4n) is 3.01. The van der Waals surface area contributed by atoms with Gasteiger partial charge in [-0.15, -0.1) is 10.2 Å². The summed E-state index contributed by atoms with van der Waals surface area (Å²) in [5, 5.41) is 24.2. The summed E-state index contributed by atoms with van der Waals surface area (Å²) in [5.41, 5.74) is 1.62. The molecule has 0 bridgehead atoms. The number of phenolic OH excluding ortho intramolecular Hbond substituents is 1. The van der Waals surface area contributed by atoms with Crippen molar-refractivity contribution in [2.75, 3.05) is 0 Å². The van der Waals surface area contributed by atoms with E-state index in [0.29, 0.717) is 11.7 Å². The Bertz CT molecular complexity index is 801. The van der Waals surface area contributed by atoms with Crippen LogP contribution in [0.5, 0.6) is 5.75 Å². The van der Waals surface area contributed by atoms with Gasteiger partial charge in [0.05, 0.1) is 5.56 Å². The van der Waals surface area contributed by atoms with Crippen LogP contribution in [-0.2, 0) is 0 Å².